The van der Waals surface area contributed by atoms with Crippen LogP contribution in [0.5, 0.6) is 5.75 Å². The summed E-state index contributed by atoms with van der Waals surface area (Å²) in [5.41, 5.74) is 0.815. The Bertz CT molecular complexity index is 1540. The van der Waals surface area contributed by atoms with E-state index in [4.69, 9.17) is 4.74 Å². The number of aromatic amines is 1. The molecular formula is C27H23F2N5O4. The number of nitrogens with one attached hydrogen (secondary N) is 4. The van der Waals surface area contributed by atoms with Gasteiger partial charge in [-0.3, -0.25) is 19.5 Å². The van der Waals surface area contributed by atoms with E-state index in [-0.39, 0.29) is 34.9 Å². The van der Waals surface area contributed by atoms with Crippen molar-refractivity contribution in [2.45, 2.75) is 12.1 Å². The minimum Gasteiger partial charge on any atom is -0.494 e. The molecule has 38 heavy (non-hydrogen) atoms. The summed E-state index contributed by atoms with van der Waals surface area (Å²) in [6.45, 7) is 0.915. The van der Waals surface area contributed by atoms with Crippen molar-refractivity contribution in [1.82, 2.24) is 26.1 Å². The molecule has 2 atom stereocenters. The molecular weight excluding hydrogens is 496 g/mol. The molecule has 194 valence electrons. The number of carbonyl (C=O) groups is 3. The van der Waals surface area contributed by atoms with Crippen molar-refractivity contribution in [3.05, 3.63) is 94.7 Å². The Kier molecular flexibility index (Phi) is 6.84. The van der Waals surface area contributed by atoms with Crippen LogP contribution in [0.15, 0.2) is 60.8 Å². The van der Waals surface area contributed by atoms with E-state index in [9.17, 15) is 23.2 Å². The van der Waals surface area contributed by atoms with Crippen molar-refractivity contribution in [2.24, 2.45) is 0 Å². The van der Waals surface area contributed by atoms with Gasteiger partial charge < -0.3 is 20.7 Å². The molecule has 0 bridgehead atoms. The second-order valence-corrected chi connectivity index (χ2v) is 8.84. The number of amides is 2. The van der Waals surface area contributed by atoms with Crippen molar-refractivity contribution < 1.29 is 27.9 Å². The number of methoxy groups -OCH3 is 1. The van der Waals surface area contributed by atoms with Crippen LogP contribution in [0.25, 0.3) is 10.9 Å². The van der Waals surface area contributed by atoms with Gasteiger partial charge in [-0.25, -0.2) is 8.78 Å². The average molecular weight is 520 g/mol. The Balaban J connectivity index is 1.24. The van der Waals surface area contributed by atoms with Crippen LogP contribution in [0.1, 0.15) is 36.6 Å². The van der Waals surface area contributed by atoms with Crippen LogP contribution in [0.4, 0.5) is 8.78 Å². The Labute approximate surface area is 215 Å². The average Bonchev–Trinajstić information content (AvgIpc) is 3.57. The van der Waals surface area contributed by atoms with Crippen LogP contribution in [-0.4, -0.2) is 60.1 Å². The number of ether oxygens (including phenoxy) is 1. The molecule has 0 saturated carbocycles. The van der Waals surface area contributed by atoms with Crippen LogP contribution < -0.4 is 20.7 Å². The molecule has 2 amide bonds. The van der Waals surface area contributed by atoms with Gasteiger partial charge in [-0.15, -0.1) is 0 Å². The molecule has 0 unspecified atom stereocenters. The van der Waals surface area contributed by atoms with Crippen LogP contribution in [-0.2, 0) is 0 Å². The number of halogens is 2. The third kappa shape index (κ3) is 4.83. The van der Waals surface area contributed by atoms with Crippen molar-refractivity contribution in [2.75, 3.05) is 20.2 Å². The summed E-state index contributed by atoms with van der Waals surface area (Å²) in [7, 11) is 1.22. The number of rotatable bonds is 7. The lowest BCUT2D eigenvalue weighted by Gasteiger charge is -2.21. The van der Waals surface area contributed by atoms with Gasteiger partial charge in [-0.1, -0.05) is 12.1 Å². The lowest BCUT2D eigenvalue weighted by atomic mass is 10.0. The highest BCUT2D eigenvalue weighted by Gasteiger charge is 2.30. The number of H-pyrrole nitrogens is 1. The molecule has 1 fully saturated rings. The lowest BCUT2D eigenvalue weighted by molar-refractivity contribution is 0.0896. The van der Waals surface area contributed by atoms with E-state index in [0.29, 0.717) is 18.7 Å². The fraction of sp³-hybridized carbons (Fsp3) is 0.185. The van der Waals surface area contributed by atoms with E-state index in [1.165, 1.54) is 31.4 Å². The molecule has 4 aromatic rings. The van der Waals surface area contributed by atoms with E-state index < -0.39 is 28.9 Å². The number of ketones is 1. The molecule has 5 rings (SSSR count). The zero-order chi connectivity index (χ0) is 26.8. The van der Waals surface area contributed by atoms with Gasteiger partial charge in [0.2, 0.25) is 0 Å². The summed E-state index contributed by atoms with van der Waals surface area (Å²) in [6, 6.07) is 12.0. The number of nitrogens with zero attached hydrogens (tertiary/aromatic N) is 1. The highest BCUT2D eigenvalue weighted by Crippen LogP contribution is 2.25. The second-order valence-electron chi connectivity index (χ2n) is 8.84. The Morgan fingerprint density at radius 1 is 0.895 bits per heavy atom. The molecule has 3 aromatic carbocycles. The summed E-state index contributed by atoms with van der Waals surface area (Å²) < 4.78 is 33.5. The minimum absolute atomic E-state index is 0.00914. The fourth-order valence-corrected chi connectivity index (χ4v) is 4.39. The third-order valence-electron chi connectivity index (χ3n) is 6.46. The van der Waals surface area contributed by atoms with Gasteiger partial charge in [0, 0.05) is 35.2 Å². The van der Waals surface area contributed by atoms with Gasteiger partial charge in [0.25, 0.3) is 11.8 Å². The Morgan fingerprint density at radius 3 is 2.21 bits per heavy atom. The van der Waals surface area contributed by atoms with Crippen molar-refractivity contribution >= 4 is 28.5 Å². The fourth-order valence-electron chi connectivity index (χ4n) is 4.39. The Hall–Kier alpha value is -4.64. The summed E-state index contributed by atoms with van der Waals surface area (Å²) in [5.74, 6) is -3.93. The first-order valence-electron chi connectivity index (χ1n) is 11.8. The first kappa shape index (κ1) is 25.0. The van der Waals surface area contributed by atoms with Gasteiger partial charge in [-0.2, -0.15) is 5.10 Å². The van der Waals surface area contributed by atoms with Gasteiger partial charge in [0.1, 0.15) is 5.82 Å². The van der Waals surface area contributed by atoms with Gasteiger partial charge in [-0.05, 0) is 42.5 Å². The SMILES string of the molecule is COc1ccc(F)c(C(=O)c2ccc(C(=O)N[C@@H]3CNC[C@H]3NC(=O)c3ccc4[nH]ncc4c3)cc2)c1F. The largest absolute Gasteiger partial charge is 0.494 e. The molecule has 2 heterocycles. The number of fused-ring (bicyclic) bond motifs is 1. The molecule has 1 aliphatic heterocycles. The lowest BCUT2D eigenvalue weighted by Crippen LogP contribution is -2.51. The van der Waals surface area contributed by atoms with E-state index in [1.807, 2.05) is 0 Å². The van der Waals surface area contributed by atoms with Crippen LogP contribution in [0, 0.1) is 11.6 Å². The van der Waals surface area contributed by atoms with E-state index in [0.717, 1.165) is 23.0 Å². The molecule has 0 spiro atoms. The number of hydrogen-bond acceptors (Lipinski definition) is 6. The molecule has 1 saturated heterocycles. The molecule has 1 aromatic heterocycles. The smallest absolute Gasteiger partial charge is 0.251 e. The van der Waals surface area contributed by atoms with E-state index in [2.05, 4.69) is 26.1 Å². The van der Waals surface area contributed by atoms with E-state index in [1.54, 1.807) is 24.4 Å². The second kappa shape index (κ2) is 10.4. The zero-order valence-corrected chi connectivity index (χ0v) is 20.2. The summed E-state index contributed by atoms with van der Waals surface area (Å²) >= 11 is 0. The maximum atomic E-state index is 14.5. The number of benzene rings is 3. The van der Waals surface area contributed by atoms with Crippen molar-refractivity contribution in [3.8, 4) is 5.75 Å². The molecule has 11 heteroatoms. The highest BCUT2D eigenvalue weighted by atomic mass is 19.1. The standard InChI is InChI=1S/C27H23F2N5O4/c1-38-22-9-7-18(28)23(24(22)29)25(35)14-2-4-15(5-3-14)26(36)32-20-12-30-13-21(20)33-27(37)16-6-8-19-17(10-16)11-31-34-19/h2-11,20-21,30H,12-13H2,1H3,(H,31,34)(H,32,36)(H,33,37)/t20-,21-/m1/s1. The Morgan fingerprint density at radius 2 is 1.53 bits per heavy atom. The number of aromatic nitrogens is 2. The van der Waals surface area contributed by atoms with Gasteiger partial charge in [0.15, 0.2) is 17.3 Å². The molecule has 9 nitrogen and oxygen atoms in total. The maximum absolute atomic E-state index is 14.5. The highest BCUT2D eigenvalue weighted by molar-refractivity contribution is 6.10. The summed E-state index contributed by atoms with van der Waals surface area (Å²) in [4.78, 5) is 38.4. The summed E-state index contributed by atoms with van der Waals surface area (Å²) in [5, 5.41) is 16.6. The number of carbonyl (C=O) groups excluding carboxylic acids is 3. The van der Waals surface area contributed by atoms with Crippen LogP contribution in [0.2, 0.25) is 0 Å². The maximum Gasteiger partial charge on any atom is 0.251 e. The quantitative estimate of drug-likeness (QED) is 0.278. The predicted molar refractivity (Wildman–Crippen MR) is 134 cm³/mol. The third-order valence-corrected chi connectivity index (χ3v) is 6.46. The first-order chi connectivity index (χ1) is 18.4. The van der Waals surface area contributed by atoms with Crippen molar-refractivity contribution in [3.63, 3.8) is 0 Å². The monoisotopic (exact) mass is 519 g/mol. The van der Waals surface area contributed by atoms with Gasteiger partial charge in [0.05, 0.1) is 36.5 Å². The number of hydrogen-bond donors (Lipinski definition) is 4. The molecule has 0 radical (unpaired) electrons. The van der Waals surface area contributed by atoms with E-state index >= 15 is 0 Å². The zero-order valence-electron chi connectivity index (χ0n) is 20.2. The summed E-state index contributed by atoms with van der Waals surface area (Å²) in [6.07, 6.45) is 1.63. The first-order valence-corrected chi connectivity index (χ1v) is 11.8. The van der Waals surface area contributed by atoms with Crippen molar-refractivity contribution in [1.29, 1.82) is 0 Å². The van der Waals surface area contributed by atoms with Gasteiger partial charge >= 0.3 is 0 Å². The predicted octanol–water partition coefficient (Wildman–Crippen LogP) is 2.58. The molecule has 4 N–H and O–H groups in total. The normalized spacial score (nSPS) is 16.8. The van der Waals surface area contributed by atoms with Crippen LogP contribution >= 0.6 is 0 Å². The van der Waals surface area contributed by atoms with Crippen LogP contribution in [0.3, 0.4) is 0 Å². The molecule has 1 aliphatic rings. The minimum atomic E-state index is -1.09. The molecule has 0 aliphatic carbocycles. The topological polar surface area (TPSA) is 125 Å².